The van der Waals surface area contributed by atoms with Gasteiger partial charge in [0, 0.05) is 30.6 Å². The van der Waals surface area contributed by atoms with Gasteiger partial charge >= 0.3 is 0 Å². The van der Waals surface area contributed by atoms with E-state index in [2.05, 4.69) is 16.4 Å². The topological polar surface area (TPSA) is 90.8 Å². The number of fused-ring (bicyclic) bond motifs is 1. The summed E-state index contributed by atoms with van der Waals surface area (Å²) in [6.45, 7) is 0.969. The van der Waals surface area contributed by atoms with Crippen LogP contribution in [-0.4, -0.2) is 22.3 Å². The zero-order valence-corrected chi connectivity index (χ0v) is 19.3. The van der Waals surface area contributed by atoms with Gasteiger partial charge in [-0.05, 0) is 48.0 Å². The second kappa shape index (κ2) is 8.21. The van der Waals surface area contributed by atoms with Crippen molar-refractivity contribution in [3.05, 3.63) is 95.8 Å². The van der Waals surface area contributed by atoms with Crippen LogP contribution in [-0.2, 0) is 22.5 Å². The Kier molecular flexibility index (Phi) is 5.29. The lowest BCUT2D eigenvalue weighted by molar-refractivity contribution is 0.0165. The van der Waals surface area contributed by atoms with Crippen LogP contribution >= 0.6 is 0 Å². The van der Waals surface area contributed by atoms with Gasteiger partial charge in [-0.2, -0.15) is 5.26 Å². The van der Waals surface area contributed by atoms with Crippen molar-refractivity contribution in [1.29, 1.82) is 5.26 Å². The highest BCUT2D eigenvalue weighted by Crippen LogP contribution is 2.32. The minimum Gasteiger partial charge on any atom is -0.326 e. The minimum atomic E-state index is -3.58. The molecule has 10 heteroatoms. The fourth-order valence-corrected chi connectivity index (χ4v) is 4.96. The highest BCUT2D eigenvalue weighted by atomic mass is 32.2. The molecule has 2 heterocycles. The van der Waals surface area contributed by atoms with Crippen LogP contribution in [0.2, 0.25) is 0 Å². The van der Waals surface area contributed by atoms with Crippen molar-refractivity contribution in [1.82, 2.24) is 13.9 Å². The highest BCUT2D eigenvalue weighted by molar-refractivity contribution is 7.89. The molecule has 0 unspecified atom stereocenters. The number of halogens is 2. The first kappa shape index (κ1) is 22.6. The number of rotatable bonds is 7. The average molecular weight is 492 g/mol. The zero-order chi connectivity index (χ0) is 24.8. The Morgan fingerprint density at radius 3 is 2.43 bits per heavy atom. The number of nitrogens with one attached hydrogen (secondary N) is 1. The molecule has 0 aliphatic carbocycles. The fraction of sp³-hybridized carbons (Fsp3) is 0.120. The molecule has 0 amide bonds. The van der Waals surface area contributed by atoms with Gasteiger partial charge in [0.2, 0.25) is 5.95 Å². The third-order valence-corrected chi connectivity index (χ3v) is 7.32. The van der Waals surface area contributed by atoms with Crippen molar-refractivity contribution in [3.63, 3.8) is 0 Å². The molecule has 1 aliphatic heterocycles. The fourth-order valence-electron chi connectivity index (χ4n) is 3.86. The third-order valence-electron chi connectivity index (χ3n) is 5.65. The van der Waals surface area contributed by atoms with Gasteiger partial charge in [0.25, 0.3) is 15.9 Å². The van der Waals surface area contributed by atoms with E-state index in [1.54, 1.807) is 53.1 Å². The van der Waals surface area contributed by atoms with Crippen molar-refractivity contribution in [3.8, 4) is 6.07 Å². The Balaban J connectivity index is 1.54. The van der Waals surface area contributed by atoms with E-state index in [4.69, 9.17) is 0 Å². The molecule has 0 atom stereocenters. The maximum atomic E-state index is 14.3. The SMILES string of the molecule is CC(F)(F)c1ccccc1Cn1c(Nc2ccc(S(=O)(=O)N3C=C3)cc2)nc2cc(C#N)ccc21. The monoisotopic (exact) mass is 491 g/mol. The van der Waals surface area contributed by atoms with Gasteiger partial charge in [-0.25, -0.2) is 26.5 Å². The average Bonchev–Trinajstić information content (AvgIpc) is 3.64. The molecule has 5 rings (SSSR count). The summed E-state index contributed by atoms with van der Waals surface area (Å²) in [5, 5.41) is 12.4. The number of benzene rings is 3. The molecular formula is C25H19F2N5O2S. The maximum Gasteiger partial charge on any atom is 0.270 e. The van der Waals surface area contributed by atoms with Crippen LogP contribution in [0.1, 0.15) is 23.6 Å². The van der Waals surface area contributed by atoms with Crippen LogP contribution in [0.15, 0.2) is 84.0 Å². The molecule has 0 radical (unpaired) electrons. The number of anilines is 2. The van der Waals surface area contributed by atoms with Crippen molar-refractivity contribution in [2.45, 2.75) is 24.3 Å². The number of sulfonamides is 1. The predicted octanol–water partition coefficient (Wildman–Crippen LogP) is 5.29. The smallest absolute Gasteiger partial charge is 0.270 e. The number of hydrogen-bond acceptors (Lipinski definition) is 5. The summed E-state index contributed by atoms with van der Waals surface area (Å²) in [5.41, 5.74) is 2.52. The molecule has 1 aromatic heterocycles. The van der Waals surface area contributed by atoms with E-state index in [1.807, 2.05) is 0 Å². The summed E-state index contributed by atoms with van der Waals surface area (Å²) in [4.78, 5) is 4.73. The molecule has 0 saturated heterocycles. The summed E-state index contributed by atoms with van der Waals surface area (Å²) < 4.78 is 56.1. The quantitative estimate of drug-likeness (QED) is 0.380. The number of hydrogen-bond donors (Lipinski definition) is 1. The molecule has 0 bridgehead atoms. The minimum absolute atomic E-state index is 0.0836. The summed E-state index contributed by atoms with van der Waals surface area (Å²) >= 11 is 0. The molecule has 176 valence electrons. The van der Waals surface area contributed by atoms with Crippen LogP contribution in [0, 0.1) is 11.3 Å². The van der Waals surface area contributed by atoms with Crippen LogP contribution < -0.4 is 5.32 Å². The lowest BCUT2D eigenvalue weighted by Crippen LogP contribution is -2.14. The van der Waals surface area contributed by atoms with Crippen molar-refractivity contribution in [2.75, 3.05) is 5.32 Å². The standard InChI is InChI=1S/C25H19F2N5O2S/c1-25(26,27)21-5-3-2-4-18(21)16-32-23-11-6-17(15-28)14-22(23)30-24(32)29-19-7-9-20(10-8-19)35(33,34)31-12-13-31/h2-14H,16H2,1H3,(H,29,30). The van der Waals surface area contributed by atoms with Gasteiger partial charge in [0.15, 0.2) is 0 Å². The second-order valence-corrected chi connectivity index (χ2v) is 10.0. The number of imidazole rings is 1. The first-order valence-electron chi connectivity index (χ1n) is 10.6. The lowest BCUT2D eigenvalue weighted by Gasteiger charge is -2.18. The number of aromatic nitrogens is 2. The van der Waals surface area contributed by atoms with E-state index >= 15 is 0 Å². The largest absolute Gasteiger partial charge is 0.326 e. The van der Waals surface area contributed by atoms with Gasteiger partial charge in [-0.15, -0.1) is 0 Å². The van der Waals surface area contributed by atoms with Gasteiger partial charge < -0.3 is 9.88 Å². The Bertz CT molecular complexity index is 1610. The number of nitrogens with zero attached hydrogens (tertiary/aromatic N) is 4. The van der Waals surface area contributed by atoms with Crippen molar-refractivity contribution < 1.29 is 17.2 Å². The summed E-state index contributed by atoms with van der Waals surface area (Å²) in [7, 11) is -3.58. The Morgan fingerprint density at radius 1 is 1.06 bits per heavy atom. The van der Waals surface area contributed by atoms with E-state index in [0.717, 1.165) is 11.2 Å². The van der Waals surface area contributed by atoms with Crippen LogP contribution in [0.25, 0.3) is 11.0 Å². The molecule has 4 aromatic rings. The second-order valence-electron chi connectivity index (χ2n) is 8.16. The summed E-state index contributed by atoms with van der Waals surface area (Å²) in [5.74, 6) is -2.66. The molecule has 0 saturated carbocycles. The molecule has 35 heavy (non-hydrogen) atoms. The maximum absolute atomic E-state index is 14.3. The summed E-state index contributed by atoms with van der Waals surface area (Å²) in [6.07, 6.45) is 2.91. The van der Waals surface area contributed by atoms with Crippen LogP contribution in [0.5, 0.6) is 0 Å². The molecule has 7 nitrogen and oxygen atoms in total. The molecule has 1 N–H and O–H groups in total. The Hall–Kier alpha value is -4.23. The molecule has 0 fully saturated rings. The van der Waals surface area contributed by atoms with E-state index in [0.29, 0.717) is 33.8 Å². The Labute approximate surface area is 200 Å². The zero-order valence-electron chi connectivity index (χ0n) is 18.5. The van der Waals surface area contributed by atoms with Crippen molar-refractivity contribution in [2.24, 2.45) is 0 Å². The molecular weight excluding hydrogens is 472 g/mol. The first-order chi connectivity index (χ1) is 16.7. The van der Waals surface area contributed by atoms with E-state index in [9.17, 15) is 22.5 Å². The van der Waals surface area contributed by atoms with Crippen LogP contribution in [0.3, 0.4) is 0 Å². The van der Waals surface area contributed by atoms with Gasteiger partial charge in [0.1, 0.15) is 0 Å². The van der Waals surface area contributed by atoms with E-state index in [-0.39, 0.29) is 17.0 Å². The number of nitriles is 1. The first-order valence-corrected chi connectivity index (χ1v) is 12.1. The molecule has 1 aliphatic rings. The predicted molar refractivity (Wildman–Crippen MR) is 127 cm³/mol. The van der Waals surface area contributed by atoms with Crippen LogP contribution in [0.4, 0.5) is 20.4 Å². The lowest BCUT2D eigenvalue weighted by atomic mass is 10.0. The Morgan fingerprint density at radius 2 is 1.77 bits per heavy atom. The third kappa shape index (κ3) is 4.34. The van der Waals surface area contributed by atoms with Gasteiger partial charge in [0.05, 0.1) is 34.1 Å². The number of alkyl halides is 2. The molecule has 0 spiro atoms. The van der Waals surface area contributed by atoms with Crippen molar-refractivity contribution >= 4 is 32.7 Å². The molecule has 3 aromatic carbocycles. The summed E-state index contributed by atoms with van der Waals surface area (Å²) in [6, 6.07) is 19.6. The highest BCUT2D eigenvalue weighted by Gasteiger charge is 2.28. The van der Waals surface area contributed by atoms with E-state index < -0.39 is 15.9 Å². The van der Waals surface area contributed by atoms with Gasteiger partial charge in [-0.1, -0.05) is 24.3 Å². The normalized spacial score (nSPS) is 13.1. The van der Waals surface area contributed by atoms with Gasteiger partial charge in [-0.3, -0.25) is 0 Å². The van der Waals surface area contributed by atoms with E-state index in [1.165, 1.54) is 30.6 Å².